The molecule has 0 fully saturated rings. The van der Waals surface area contributed by atoms with Crippen LogP contribution in [-0.4, -0.2) is 28.4 Å². The van der Waals surface area contributed by atoms with E-state index >= 15 is 0 Å². The summed E-state index contributed by atoms with van der Waals surface area (Å²) in [7, 11) is 6.52. The van der Waals surface area contributed by atoms with Gasteiger partial charge in [-0.2, -0.15) is 0 Å². The fraction of sp³-hybridized carbons (Fsp3) is 0.238. The Kier molecular flexibility index (Phi) is 5.37. The fourth-order valence-electron chi connectivity index (χ4n) is 2.81. The number of furan rings is 1. The van der Waals surface area contributed by atoms with Gasteiger partial charge in [0.15, 0.2) is 0 Å². The summed E-state index contributed by atoms with van der Waals surface area (Å²) in [5, 5.41) is 0. The molecule has 0 aliphatic carbocycles. The van der Waals surface area contributed by atoms with Gasteiger partial charge in [-0.3, -0.25) is 0 Å². The van der Waals surface area contributed by atoms with E-state index in [1.807, 2.05) is 48.5 Å². The zero-order chi connectivity index (χ0) is 18.5. The Labute approximate surface area is 153 Å². The van der Waals surface area contributed by atoms with Gasteiger partial charge in [0.2, 0.25) is 0 Å². The molecule has 0 saturated heterocycles. The fourth-order valence-corrected chi connectivity index (χ4v) is 2.81. The van der Waals surface area contributed by atoms with Crippen LogP contribution >= 0.6 is 0 Å². The van der Waals surface area contributed by atoms with Crippen LogP contribution in [0.4, 0.5) is 0 Å². The largest absolute Gasteiger partial charge is 0.497 e. The molecule has 1 aromatic heterocycles. The second-order valence-corrected chi connectivity index (χ2v) is 5.68. The van der Waals surface area contributed by atoms with Gasteiger partial charge < -0.3 is 23.4 Å². The normalized spacial score (nSPS) is 10.5. The van der Waals surface area contributed by atoms with E-state index in [1.54, 1.807) is 28.4 Å². The van der Waals surface area contributed by atoms with Gasteiger partial charge in [0, 0.05) is 29.7 Å². The van der Waals surface area contributed by atoms with Crippen LogP contribution in [0.2, 0.25) is 0 Å². The van der Waals surface area contributed by atoms with Gasteiger partial charge in [0.05, 0.1) is 28.4 Å². The van der Waals surface area contributed by atoms with Crippen molar-refractivity contribution in [3.8, 4) is 34.3 Å². The molecule has 2 aromatic carbocycles. The Morgan fingerprint density at radius 2 is 1.31 bits per heavy atom. The first kappa shape index (κ1) is 17.7. The Hall–Kier alpha value is -3.08. The minimum absolute atomic E-state index is 0.548. The first-order chi connectivity index (χ1) is 12.7. The number of rotatable bonds is 7. The molecule has 0 N–H and O–H groups in total. The Morgan fingerprint density at radius 3 is 1.85 bits per heavy atom. The molecule has 0 spiro atoms. The molecule has 0 amide bonds. The van der Waals surface area contributed by atoms with Crippen LogP contribution in [0.5, 0.6) is 23.0 Å². The van der Waals surface area contributed by atoms with E-state index in [0.717, 1.165) is 28.4 Å². The van der Waals surface area contributed by atoms with Crippen molar-refractivity contribution in [3.05, 3.63) is 59.9 Å². The Morgan fingerprint density at radius 1 is 0.692 bits per heavy atom. The topological polar surface area (TPSA) is 50.1 Å². The third-order valence-corrected chi connectivity index (χ3v) is 4.20. The number of benzene rings is 2. The standard InChI is InChI=1S/C21H22O5/c1-22-15-7-5-14(6-8-15)19-10-9-16(26-19)11-18-20(24-3)12-17(23-2)13-21(18)25-4/h5-10,12-13H,11H2,1-4H3. The highest BCUT2D eigenvalue weighted by molar-refractivity contribution is 5.59. The third-order valence-electron chi connectivity index (χ3n) is 4.20. The molecule has 5 heteroatoms. The predicted molar refractivity (Wildman–Crippen MR) is 99.6 cm³/mol. The van der Waals surface area contributed by atoms with Crippen molar-refractivity contribution in [3.63, 3.8) is 0 Å². The zero-order valence-corrected chi connectivity index (χ0v) is 15.4. The molecule has 0 saturated carbocycles. The predicted octanol–water partition coefficient (Wildman–Crippen LogP) is 4.57. The monoisotopic (exact) mass is 354 g/mol. The molecule has 0 bridgehead atoms. The number of hydrogen-bond donors (Lipinski definition) is 0. The second-order valence-electron chi connectivity index (χ2n) is 5.68. The molecule has 0 aliphatic rings. The van der Waals surface area contributed by atoms with E-state index in [4.69, 9.17) is 23.4 Å². The maximum absolute atomic E-state index is 6.02. The average molecular weight is 354 g/mol. The Balaban J connectivity index is 1.89. The van der Waals surface area contributed by atoms with Crippen LogP contribution in [0.15, 0.2) is 52.9 Å². The van der Waals surface area contributed by atoms with Gasteiger partial charge in [0.25, 0.3) is 0 Å². The van der Waals surface area contributed by atoms with Gasteiger partial charge >= 0.3 is 0 Å². The lowest BCUT2D eigenvalue weighted by molar-refractivity contribution is 0.368. The highest BCUT2D eigenvalue weighted by atomic mass is 16.5. The van der Waals surface area contributed by atoms with Crippen molar-refractivity contribution < 1.29 is 23.4 Å². The number of hydrogen-bond acceptors (Lipinski definition) is 5. The molecule has 3 aromatic rings. The summed E-state index contributed by atoms with van der Waals surface area (Å²) in [6.07, 6.45) is 0.548. The molecule has 5 nitrogen and oxygen atoms in total. The maximum Gasteiger partial charge on any atom is 0.134 e. The van der Waals surface area contributed by atoms with Gasteiger partial charge in [0.1, 0.15) is 34.5 Å². The van der Waals surface area contributed by atoms with Crippen molar-refractivity contribution in [1.82, 2.24) is 0 Å². The van der Waals surface area contributed by atoms with E-state index in [0.29, 0.717) is 23.7 Å². The molecular weight excluding hydrogens is 332 g/mol. The van der Waals surface area contributed by atoms with Gasteiger partial charge in [-0.25, -0.2) is 0 Å². The maximum atomic E-state index is 6.02. The van der Waals surface area contributed by atoms with Crippen molar-refractivity contribution in [1.29, 1.82) is 0 Å². The van der Waals surface area contributed by atoms with Crippen LogP contribution in [0.3, 0.4) is 0 Å². The molecule has 136 valence electrons. The van der Waals surface area contributed by atoms with Gasteiger partial charge in [-0.15, -0.1) is 0 Å². The summed E-state index contributed by atoms with van der Waals surface area (Å²) in [6.45, 7) is 0. The summed E-state index contributed by atoms with van der Waals surface area (Å²) in [4.78, 5) is 0. The second kappa shape index (κ2) is 7.87. The smallest absolute Gasteiger partial charge is 0.134 e. The summed E-state index contributed by atoms with van der Waals surface area (Å²) in [5.74, 6) is 4.51. The highest BCUT2D eigenvalue weighted by Crippen LogP contribution is 2.36. The van der Waals surface area contributed by atoms with E-state index in [9.17, 15) is 0 Å². The van der Waals surface area contributed by atoms with Crippen LogP contribution in [0.25, 0.3) is 11.3 Å². The molecule has 26 heavy (non-hydrogen) atoms. The molecule has 3 rings (SSSR count). The molecule has 0 aliphatic heterocycles. The molecule has 0 radical (unpaired) electrons. The number of methoxy groups -OCH3 is 4. The summed E-state index contributed by atoms with van der Waals surface area (Å²) in [5.41, 5.74) is 1.90. The minimum Gasteiger partial charge on any atom is -0.497 e. The minimum atomic E-state index is 0.548. The van der Waals surface area contributed by atoms with Crippen LogP contribution in [0.1, 0.15) is 11.3 Å². The third kappa shape index (κ3) is 3.61. The van der Waals surface area contributed by atoms with E-state index in [-0.39, 0.29) is 0 Å². The van der Waals surface area contributed by atoms with Gasteiger partial charge in [-0.1, -0.05) is 0 Å². The summed E-state index contributed by atoms with van der Waals surface area (Å²) < 4.78 is 27.5. The van der Waals surface area contributed by atoms with Crippen LogP contribution in [-0.2, 0) is 6.42 Å². The lowest BCUT2D eigenvalue weighted by Gasteiger charge is -2.14. The molecule has 0 atom stereocenters. The van der Waals surface area contributed by atoms with Crippen molar-refractivity contribution in [2.24, 2.45) is 0 Å². The van der Waals surface area contributed by atoms with Crippen molar-refractivity contribution >= 4 is 0 Å². The summed E-state index contributed by atoms with van der Waals surface area (Å²) in [6, 6.07) is 15.4. The SMILES string of the molecule is COc1ccc(-c2ccc(Cc3c(OC)cc(OC)cc3OC)o2)cc1. The quantitative estimate of drug-likeness (QED) is 0.622. The summed E-state index contributed by atoms with van der Waals surface area (Å²) >= 11 is 0. The average Bonchev–Trinajstić information content (AvgIpc) is 3.16. The molecule has 0 unspecified atom stereocenters. The zero-order valence-electron chi connectivity index (χ0n) is 15.4. The van der Waals surface area contributed by atoms with E-state index in [2.05, 4.69) is 0 Å². The molecular formula is C21H22O5. The lowest BCUT2D eigenvalue weighted by Crippen LogP contribution is -1.99. The molecule has 1 heterocycles. The van der Waals surface area contributed by atoms with Crippen LogP contribution in [0, 0.1) is 0 Å². The van der Waals surface area contributed by atoms with Crippen molar-refractivity contribution in [2.75, 3.05) is 28.4 Å². The Bertz CT molecular complexity index is 839. The van der Waals surface area contributed by atoms with Crippen molar-refractivity contribution in [2.45, 2.75) is 6.42 Å². The highest BCUT2D eigenvalue weighted by Gasteiger charge is 2.16. The van der Waals surface area contributed by atoms with Crippen LogP contribution < -0.4 is 18.9 Å². The van der Waals surface area contributed by atoms with Gasteiger partial charge in [-0.05, 0) is 36.4 Å². The van der Waals surface area contributed by atoms with E-state index in [1.165, 1.54) is 0 Å². The first-order valence-corrected chi connectivity index (χ1v) is 8.20. The van der Waals surface area contributed by atoms with E-state index < -0.39 is 0 Å². The first-order valence-electron chi connectivity index (χ1n) is 8.20. The number of ether oxygens (including phenoxy) is 4. The lowest BCUT2D eigenvalue weighted by atomic mass is 10.1.